The minimum atomic E-state index is -0.392. The van der Waals surface area contributed by atoms with Crippen molar-refractivity contribution in [3.63, 3.8) is 0 Å². The standard InChI is InChI=1S/C11H19N3O2S/c1-3-9(10-12-6-7-17-10)14-11(16)13-5-4-8(2)15/h6-9,15H,3-5H2,1-2H3,(H2,13,14,16). The van der Waals surface area contributed by atoms with E-state index in [1.54, 1.807) is 13.1 Å². The van der Waals surface area contributed by atoms with E-state index in [0.717, 1.165) is 11.4 Å². The Kier molecular flexibility index (Phi) is 5.93. The molecule has 0 aliphatic rings. The number of hydrogen-bond acceptors (Lipinski definition) is 4. The third kappa shape index (κ3) is 5.14. The molecule has 1 heterocycles. The molecule has 0 radical (unpaired) electrons. The van der Waals surface area contributed by atoms with Gasteiger partial charge in [-0.05, 0) is 19.8 Å². The van der Waals surface area contributed by atoms with Crippen LogP contribution in [0.2, 0.25) is 0 Å². The van der Waals surface area contributed by atoms with Gasteiger partial charge in [0.1, 0.15) is 5.01 Å². The average molecular weight is 257 g/mol. The molecule has 96 valence electrons. The highest BCUT2D eigenvalue weighted by Crippen LogP contribution is 2.18. The highest BCUT2D eigenvalue weighted by Gasteiger charge is 2.14. The summed E-state index contributed by atoms with van der Waals surface area (Å²) in [6, 6.07) is -0.255. The van der Waals surface area contributed by atoms with E-state index in [9.17, 15) is 4.79 Å². The lowest BCUT2D eigenvalue weighted by Gasteiger charge is -2.15. The van der Waals surface area contributed by atoms with E-state index in [0.29, 0.717) is 13.0 Å². The molecule has 0 fully saturated rings. The minimum absolute atomic E-state index is 0.0402. The van der Waals surface area contributed by atoms with E-state index in [-0.39, 0.29) is 12.1 Å². The predicted molar refractivity (Wildman–Crippen MR) is 68.0 cm³/mol. The van der Waals surface area contributed by atoms with Crippen LogP contribution >= 0.6 is 11.3 Å². The van der Waals surface area contributed by atoms with Crippen molar-refractivity contribution in [2.75, 3.05) is 6.54 Å². The SMILES string of the molecule is CCC(NC(=O)NCCC(C)O)c1nccs1. The maximum atomic E-state index is 11.6. The van der Waals surface area contributed by atoms with Crippen LogP contribution in [0.3, 0.4) is 0 Å². The summed E-state index contributed by atoms with van der Waals surface area (Å²) in [6.07, 6.45) is 2.70. The highest BCUT2D eigenvalue weighted by atomic mass is 32.1. The second-order valence-electron chi connectivity index (χ2n) is 3.87. The molecule has 17 heavy (non-hydrogen) atoms. The fourth-order valence-corrected chi connectivity index (χ4v) is 2.12. The van der Waals surface area contributed by atoms with Gasteiger partial charge in [-0.3, -0.25) is 0 Å². The van der Waals surface area contributed by atoms with E-state index < -0.39 is 6.10 Å². The summed E-state index contributed by atoms with van der Waals surface area (Å²) >= 11 is 1.53. The van der Waals surface area contributed by atoms with E-state index in [1.165, 1.54) is 11.3 Å². The summed E-state index contributed by atoms with van der Waals surface area (Å²) < 4.78 is 0. The Morgan fingerprint density at radius 1 is 1.65 bits per heavy atom. The molecule has 0 saturated carbocycles. The third-order valence-electron chi connectivity index (χ3n) is 2.31. The number of thiazole rings is 1. The van der Waals surface area contributed by atoms with Crippen LogP contribution < -0.4 is 10.6 Å². The van der Waals surface area contributed by atoms with Crippen LogP contribution in [0.5, 0.6) is 0 Å². The normalized spacial score (nSPS) is 14.1. The molecule has 1 aromatic rings. The van der Waals surface area contributed by atoms with Crippen molar-refractivity contribution in [2.45, 2.75) is 38.8 Å². The molecule has 0 aliphatic carbocycles. The number of nitrogens with one attached hydrogen (secondary N) is 2. The number of rotatable bonds is 6. The molecule has 1 aromatic heterocycles. The lowest BCUT2D eigenvalue weighted by atomic mass is 10.2. The van der Waals surface area contributed by atoms with Crippen molar-refractivity contribution in [1.29, 1.82) is 0 Å². The maximum absolute atomic E-state index is 11.6. The second kappa shape index (κ2) is 7.24. The molecule has 0 bridgehead atoms. The third-order valence-corrected chi connectivity index (χ3v) is 3.20. The zero-order valence-corrected chi connectivity index (χ0v) is 11.0. The van der Waals surface area contributed by atoms with Gasteiger partial charge in [0.25, 0.3) is 0 Å². The van der Waals surface area contributed by atoms with Crippen molar-refractivity contribution in [1.82, 2.24) is 15.6 Å². The van der Waals surface area contributed by atoms with Gasteiger partial charge in [-0.1, -0.05) is 6.92 Å². The molecule has 0 spiro atoms. The van der Waals surface area contributed by atoms with Crippen molar-refractivity contribution in [2.24, 2.45) is 0 Å². The molecule has 6 heteroatoms. The first-order valence-electron chi connectivity index (χ1n) is 5.75. The first-order chi connectivity index (χ1) is 8.13. The largest absolute Gasteiger partial charge is 0.393 e. The number of aromatic nitrogens is 1. The molecule has 0 saturated heterocycles. The maximum Gasteiger partial charge on any atom is 0.315 e. The van der Waals surface area contributed by atoms with Crippen molar-refractivity contribution in [3.05, 3.63) is 16.6 Å². The summed E-state index contributed by atoms with van der Waals surface area (Å²) in [7, 11) is 0. The van der Waals surface area contributed by atoms with Crippen LogP contribution in [0.1, 0.15) is 37.7 Å². The van der Waals surface area contributed by atoms with Gasteiger partial charge in [0, 0.05) is 18.1 Å². The average Bonchev–Trinajstić information content (AvgIpc) is 2.78. The van der Waals surface area contributed by atoms with Crippen molar-refractivity contribution in [3.8, 4) is 0 Å². The van der Waals surface area contributed by atoms with Crippen LogP contribution in [0.25, 0.3) is 0 Å². The summed E-state index contributed by atoms with van der Waals surface area (Å²) in [5, 5.41) is 17.4. The number of carbonyl (C=O) groups excluding carboxylic acids is 1. The molecule has 3 N–H and O–H groups in total. The Morgan fingerprint density at radius 2 is 2.41 bits per heavy atom. The smallest absolute Gasteiger partial charge is 0.315 e. The summed E-state index contributed by atoms with van der Waals surface area (Å²) in [5.41, 5.74) is 0. The van der Waals surface area contributed by atoms with Crippen LogP contribution in [0.15, 0.2) is 11.6 Å². The fourth-order valence-electron chi connectivity index (χ4n) is 1.35. The lowest BCUT2D eigenvalue weighted by molar-refractivity contribution is 0.183. The minimum Gasteiger partial charge on any atom is -0.393 e. The number of aliphatic hydroxyl groups excluding tert-OH is 1. The number of carbonyl (C=O) groups is 1. The highest BCUT2D eigenvalue weighted by molar-refractivity contribution is 7.09. The van der Waals surface area contributed by atoms with Crippen LogP contribution in [-0.4, -0.2) is 28.8 Å². The first kappa shape index (κ1) is 13.9. The summed E-state index contributed by atoms with van der Waals surface area (Å²) in [4.78, 5) is 15.7. The number of urea groups is 1. The van der Waals surface area contributed by atoms with Crippen molar-refractivity contribution >= 4 is 17.4 Å². The van der Waals surface area contributed by atoms with Gasteiger partial charge in [-0.2, -0.15) is 0 Å². The number of amides is 2. The Morgan fingerprint density at radius 3 is 2.94 bits per heavy atom. The van der Waals surface area contributed by atoms with Gasteiger partial charge in [0.15, 0.2) is 0 Å². The van der Waals surface area contributed by atoms with Gasteiger partial charge < -0.3 is 15.7 Å². The van der Waals surface area contributed by atoms with Gasteiger partial charge >= 0.3 is 6.03 Å². The van der Waals surface area contributed by atoms with Crippen LogP contribution in [0, 0.1) is 0 Å². The molecule has 1 rings (SSSR count). The quantitative estimate of drug-likeness (QED) is 0.725. The van der Waals surface area contributed by atoms with Gasteiger partial charge in [0.05, 0.1) is 12.1 Å². The Bertz CT molecular complexity index is 327. The molecule has 5 nitrogen and oxygen atoms in total. The first-order valence-corrected chi connectivity index (χ1v) is 6.63. The van der Waals surface area contributed by atoms with Crippen LogP contribution in [-0.2, 0) is 0 Å². The van der Waals surface area contributed by atoms with Gasteiger partial charge in [0.2, 0.25) is 0 Å². The predicted octanol–water partition coefficient (Wildman–Crippen LogP) is 1.66. The molecule has 0 aromatic carbocycles. The summed E-state index contributed by atoms with van der Waals surface area (Å²) in [6.45, 7) is 4.17. The van der Waals surface area contributed by atoms with Gasteiger partial charge in [-0.25, -0.2) is 9.78 Å². The topological polar surface area (TPSA) is 74.2 Å². The molecular weight excluding hydrogens is 238 g/mol. The Labute approximate surface area is 105 Å². The molecule has 0 aliphatic heterocycles. The zero-order chi connectivity index (χ0) is 12.7. The molecule has 2 unspecified atom stereocenters. The Balaban J connectivity index is 2.33. The van der Waals surface area contributed by atoms with Gasteiger partial charge in [-0.15, -0.1) is 11.3 Å². The Hall–Kier alpha value is -1.14. The van der Waals surface area contributed by atoms with E-state index in [2.05, 4.69) is 15.6 Å². The fraction of sp³-hybridized carbons (Fsp3) is 0.636. The second-order valence-corrected chi connectivity index (χ2v) is 4.80. The van der Waals surface area contributed by atoms with E-state index in [1.807, 2.05) is 12.3 Å². The zero-order valence-electron chi connectivity index (χ0n) is 10.1. The van der Waals surface area contributed by atoms with E-state index >= 15 is 0 Å². The lowest BCUT2D eigenvalue weighted by Crippen LogP contribution is -2.38. The molecule has 2 amide bonds. The monoisotopic (exact) mass is 257 g/mol. The van der Waals surface area contributed by atoms with E-state index in [4.69, 9.17) is 5.11 Å². The number of nitrogens with zero attached hydrogens (tertiary/aromatic N) is 1. The molecule has 2 atom stereocenters. The number of hydrogen-bond donors (Lipinski definition) is 3. The summed E-state index contributed by atoms with van der Waals surface area (Å²) in [5.74, 6) is 0. The van der Waals surface area contributed by atoms with Crippen molar-refractivity contribution < 1.29 is 9.90 Å². The number of aliphatic hydroxyl groups is 1. The van der Waals surface area contributed by atoms with Crippen LogP contribution in [0.4, 0.5) is 4.79 Å². The molecular formula is C11H19N3O2S.